The number of hydrogen-bond acceptors (Lipinski definition) is 5. The number of nitrogens with one attached hydrogen (secondary N) is 2. The van der Waals surface area contributed by atoms with Gasteiger partial charge in [0.2, 0.25) is 0 Å². The molecule has 2 aromatic rings. The summed E-state index contributed by atoms with van der Waals surface area (Å²) >= 11 is 0. The molecule has 1 aliphatic heterocycles. The average molecular weight is 411 g/mol. The van der Waals surface area contributed by atoms with Crippen LogP contribution in [0.25, 0.3) is 10.8 Å². The van der Waals surface area contributed by atoms with E-state index in [1.165, 1.54) is 4.90 Å². The molecule has 0 aromatic heterocycles. The Labute approximate surface area is 179 Å². The van der Waals surface area contributed by atoms with Crippen LogP contribution in [0.15, 0.2) is 36.4 Å². The molecule has 6 nitrogen and oxygen atoms in total. The van der Waals surface area contributed by atoms with Crippen LogP contribution < -0.4 is 16.4 Å². The van der Waals surface area contributed by atoms with Crippen molar-refractivity contribution in [3.8, 4) is 0 Å². The number of imide groups is 1. The Balaban J connectivity index is 1.33. The maximum Gasteiger partial charge on any atom is 0.261 e. The molecular formula is C24H34N4O2. The SMILES string of the molecule is NCCCCNCCCCNCCCCN1C(=O)c2cccc3cccc(c23)C1=O. The van der Waals surface area contributed by atoms with Gasteiger partial charge in [-0.3, -0.25) is 14.5 Å². The summed E-state index contributed by atoms with van der Waals surface area (Å²) in [7, 11) is 0. The number of hydrogen-bond donors (Lipinski definition) is 3. The van der Waals surface area contributed by atoms with Crippen molar-refractivity contribution in [2.24, 2.45) is 5.73 Å². The van der Waals surface area contributed by atoms with Crippen molar-refractivity contribution in [1.82, 2.24) is 15.5 Å². The smallest absolute Gasteiger partial charge is 0.261 e. The van der Waals surface area contributed by atoms with E-state index in [9.17, 15) is 9.59 Å². The largest absolute Gasteiger partial charge is 0.330 e. The van der Waals surface area contributed by atoms with E-state index >= 15 is 0 Å². The molecule has 0 saturated carbocycles. The third-order valence-electron chi connectivity index (χ3n) is 5.61. The highest BCUT2D eigenvalue weighted by Crippen LogP contribution is 2.29. The molecule has 2 amide bonds. The first-order valence-corrected chi connectivity index (χ1v) is 11.2. The van der Waals surface area contributed by atoms with Crippen LogP contribution in [-0.4, -0.2) is 56.0 Å². The van der Waals surface area contributed by atoms with Crippen LogP contribution in [0.3, 0.4) is 0 Å². The molecule has 0 aliphatic carbocycles. The summed E-state index contributed by atoms with van der Waals surface area (Å²) in [6, 6.07) is 11.3. The van der Waals surface area contributed by atoms with Crippen molar-refractivity contribution >= 4 is 22.6 Å². The van der Waals surface area contributed by atoms with E-state index in [0.29, 0.717) is 17.7 Å². The Morgan fingerprint density at radius 2 is 1.20 bits per heavy atom. The van der Waals surface area contributed by atoms with E-state index in [0.717, 1.165) is 82.0 Å². The van der Waals surface area contributed by atoms with Gasteiger partial charge in [-0.25, -0.2) is 0 Å². The van der Waals surface area contributed by atoms with E-state index < -0.39 is 0 Å². The molecule has 1 aliphatic rings. The summed E-state index contributed by atoms with van der Waals surface area (Å²) in [5, 5.41) is 8.63. The first kappa shape index (κ1) is 22.4. The van der Waals surface area contributed by atoms with Gasteiger partial charge in [0.05, 0.1) is 0 Å². The molecule has 30 heavy (non-hydrogen) atoms. The second-order valence-corrected chi connectivity index (χ2v) is 7.88. The standard InChI is InChI=1S/C24H34N4O2/c25-13-1-2-14-26-15-3-4-16-27-17-5-6-18-28-23(29)20-11-7-9-19-10-8-12-21(22(19)20)24(28)30/h7-12,26-27H,1-6,13-18,25H2. The summed E-state index contributed by atoms with van der Waals surface area (Å²) in [4.78, 5) is 27.1. The lowest BCUT2D eigenvalue weighted by molar-refractivity contribution is 0.0608. The Morgan fingerprint density at radius 1 is 0.700 bits per heavy atom. The van der Waals surface area contributed by atoms with Crippen molar-refractivity contribution in [3.63, 3.8) is 0 Å². The lowest BCUT2D eigenvalue weighted by atomic mass is 9.94. The van der Waals surface area contributed by atoms with Gasteiger partial charge in [-0.15, -0.1) is 0 Å². The Bertz CT molecular complexity index is 801. The molecule has 4 N–H and O–H groups in total. The van der Waals surface area contributed by atoms with Gasteiger partial charge in [-0.05, 0) is 88.8 Å². The number of nitrogens with zero attached hydrogens (tertiary/aromatic N) is 1. The van der Waals surface area contributed by atoms with Crippen LogP contribution in [0.1, 0.15) is 59.2 Å². The van der Waals surface area contributed by atoms with Gasteiger partial charge < -0.3 is 16.4 Å². The zero-order valence-corrected chi connectivity index (χ0v) is 17.8. The third kappa shape index (κ3) is 5.65. The zero-order valence-electron chi connectivity index (χ0n) is 17.8. The summed E-state index contributed by atoms with van der Waals surface area (Å²) in [5.74, 6) is -0.340. The van der Waals surface area contributed by atoms with Crippen LogP contribution in [0.2, 0.25) is 0 Å². The Hall–Kier alpha value is -2.28. The van der Waals surface area contributed by atoms with Crippen LogP contribution >= 0.6 is 0 Å². The lowest BCUT2D eigenvalue weighted by Gasteiger charge is -2.27. The first-order valence-electron chi connectivity index (χ1n) is 11.2. The predicted molar refractivity (Wildman–Crippen MR) is 122 cm³/mol. The number of amides is 2. The van der Waals surface area contributed by atoms with Crippen LogP contribution in [-0.2, 0) is 0 Å². The zero-order chi connectivity index (χ0) is 21.2. The molecule has 0 saturated heterocycles. The Morgan fingerprint density at radius 3 is 1.73 bits per heavy atom. The molecule has 0 bridgehead atoms. The topological polar surface area (TPSA) is 87.5 Å². The van der Waals surface area contributed by atoms with Crippen molar-refractivity contribution in [3.05, 3.63) is 47.5 Å². The van der Waals surface area contributed by atoms with E-state index in [-0.39, 0.29) is 11.8 Å². The van der Waals surface area contributed by atoms with Crippen molar-refractivity contribution < 1.29 is 9.59 Å². The third-order valence-corrected chi connectivity index (χ3v) is 5.61. The fourth-order valence-electron chi connectivity index (χ4n) is 3.95. The first-order chi connectivity index (χ1) is 14.7. The van der Waals surface area contributed by atoms with Gasteiger partial charge in [0.1, 0.15) is 0 Å². The van der Waals surface area contributed by atoms with Gasteiger partial charge in [0.25, 0.3) is 11.8 Å². The molecule has 0 spiro atoms. The monoisotopic (exact) mass is 410 g/mol. The molecule has 0 unspecified atom stereocenters. The second-order valence-electron chi connectivity index (χ2n) is 7.88. The van der Waals surface area contributed by atoms with Crippen molar-refractivity contribution in [1.29, 1.82) is 0 Å². The summed E-state index contributed by atoms with van der Waals surface area (Å²) in [6.45, 7) is 5.26. The van der Waals surface area contributed by atoms with Gasteiger partial charge in [-0.2, -0.15) is 0 Å². The molecule has 162 valence electrons. The number of benzene rings is 2. The molecule has 6 heteroatoms. The maximum absolute atomic E-state index is 12.8. The van der Waals surface area contributed by atoms with Gasteiger partial charge in [0, 0.05) is 23.1 Å². The fraction of sp³-hybridized carbons (Fsp3) is 0.500. The van der Waals surface area contributed by atoms with E-state index in [1.807, 2.05) is 36.4 Å². The predicted octanol–water partition coefficient (Wildman–Crippen LogP) is 2.91. The van der Waals surface area contributed by atoms with Gasteiger partial charge in [-0.1, -0.05) is 24.3 Å². The number of nitrogens with two attached hydrogens (primary N) is 1. The molecule has 3 rings (SSSR count). The Kier molecular flexibility index (Phi) is 8.81. The highest BCUT2D eigenvalue weighted by molar-refractivity contribution is 6.25. The number of unbranched alkanes of at least 4 members (excludes halogenated alkanes) is 3. The lowest BCUT2D eigenvalue weighted by Crippen LogP contribution is -2.41. The van der Waals surface area contributed by atoms with E-state index in [4.69, 9.17) is 5.73 Å². The number of carbonyl (C=O) groups is 2. The van der Waals surface area contributed by atoms with Crippen molar-refractivity contribution in [2.45, 2.75) is 38.5 Å². The molecule has 0 fully saturated rings. The van der Waals surface area contributed by atoms with Gasteiger partial charge >= 0.3 is 0 Å². The van der Waals surface area contributed by atoms with E-state index in [1.54, 1.807) is 0 Å². The molecule has 2 aromatic carbocycles. The van der Waals surface area contributed by atoms with Crippen LogP contribution in [0.5, 0.6) is 0 Å². The quantitative estimate of drug-likeness (QED) is 0.329. The van der Waals surface area contributed by atoms with Gasteiger partial charge in [0.15, 0.2) is 0 Å². The normalized spacial score (nSPS) is 13.4. The van der Waals surface area contributed by atoms with Crippen LogP contribution in [0.4, 0.5) is 0 Å². The maximum atomic E-state index is 12.8. The number of rotatable bonds is 14. The second kappa shape index (κ2) is 11.8. The number of carbonyl (C=O) groups excluding carboxylic acids is 2. The van der Waals surface area contributed by atoms with E-state index in [2.05, 4.69) is 10.6 Å². The molecule has 0 atom stereocenters. The summed E-state index contributed by atoms with van der Waals surface area (Å²) in [6.07, 6.45) is 6.31. The molecule has 1 heterocycles. The fourth-order valence-corrected chi connectivity index (χ4v) is 3.95. The minimum Gasteiger partial charge on any atom is -0.330 e. The molecular weight excluding hydrogens is 376 g/mol. The highest BCUT2D eigenvalue weighted by Gasteiger charge is 2.31. The van der Waals surface area contributed by atoms with Crippen LogP contribution in [0, 0.1) is 0 Å². The summed E-state index contributed by atoms with van der Waals surface area (Å²) < 4.78 is 0. The minimum absolute atomic E-state index is 0.170. The average Bonchev–Trinajstić information content (AvgIpc) is 2.77. The highest BCUT2D eigenvalue weighted by atomic mass is 16.2. The summed E-state index contributed by atoms with van der Waals surface area (Å²) in [5.41, 5.74) is 6.75. The minimum atomic E-state index is -0.170. The van der Waals surface area contributed by atoms with Crippen molar-refractivity contribution in [2.75, 3.05) is 39.3 Å². The molecule has 0 radical (unpaired) electrons.